The van der Waals surface area contributed by atoms with Crippen molar-refractivity contribution in [3.63, 3.8) is 0 Å². The van der Waals surface area contributed by atoms with Crippen LogP contribution in [0.2, 0.25) is 0 Å². The summed E-state index contributed by atoms with van der Waals surface area (Å²) in [6, 6.07) is 2.71. The quantitative estimate of drug-likeness (QED) is 0.826. The predicted molar refractivity (Wildman–Crippen MR) is 84.8 cm³/mol. The highest BCUT2D eigenvalue weighted by molar-refractivity contribution is 5.77. The molecule has 0 bridgehead atoms. The van der Waals surface area contributed by atoms with Crippen LogP contribution in [0, 0.1) is 5.92 Å². The van der Waals surface area contributed by atoms with Crippen molar-refractivity contribution in [1.29, 1.82) is 0 Å². The summed E-state index contributed by atoms with van der Waals surface area (Å²) in [6.45, 7) is 3.49. The van der Waals surface area contributed by atoms with Gasteiger partial charge in [0.05, 0.1) is 0 Å². The molecule has 0 fully saturated rings. The summed E-state index contributed by atoms with van der Waals surface area (Å²) in [6.07, 6.45) is -1.34. The van der Waals surface area contributed by atoms with Gasteiger partial charge < -0.3 is 10.4 Å². The maximum atomic E-state index is 13.1. The van der Waals surface area contributed by atoms with E-state index >= 15 is 0 Å². The number of rotatable bonds is 6. The van der Waals surface area contributed by atoms with Crippen LogP contribution in [0.15, 0.2) is 30.6 Å². The molecule has 2 aromatic rings. The van der Waals surface area contributed by atoms with Gasteiger partial charge in [0.1, 0.15) is 11.9 Å². The van der Waals surface area contributed by atoms with Gasteiger partial charge in [-0.2, -0.15) is 13.2 Å². The van der Waals surface area contributed by atoms with Gasteiger partial charge in [0.25, 0.3) is 0 Å². The Morgan fingerprint density at radius 1 is 1.36 bits per heavy atom. The summed E-state index contributed by atoms with van der Waals surface area (Å²) >= 11 is 0. The Morgan fingerprint density at radius 3 is 2.60 bits per heavy atom. The van der Waals surface area contributed by atoms with Gasteiger partial charge in [-0.15, -0.1) is 0 Å². The highest BCUT2D eigenvalue weighted by Crippen LogP contribution is 2.31. The molecule has 2 aromatic heterocycles. The van der Waals surface area contributed by atoms with Crippen LogP contribution in [0.3, 0.4) is 0 Å². The first-order valence-corrected chi connectivity index (χ1v) is 7.58. The third-order valence-electron chi connectivity index (χ3n) is 3.72. The van der Waals surface area contributed by atoms with Crippen LogP contribution in [0.1, 0.15) is 26.0 Å². The van der Waals surface area contributed by atoms with Crippen LogP contribution in [-0.2, 0) is 11.0 Å². The fourth-order valence-electron chi connectivity index (χ4n) is 2.13. The lowest BCUT2D eigenvalue weighted by molar-refractivity contribution is -0.141. The molecule has 0 saturated carbocycles. The van der Waals surface area contributed by atoms with E-state index in [0.717, 1.165) is 0 Å². The summed E-state index contributed by atoms with van der Waals surface area (Å²) < 4.78 is 39.4. The molecule has 134 valence electrons. The Bertz CT molecular complexity index is 738. The number of alkyl halides is 3. The molecule has 0 saturated heterocycles. The second-order valence-electron chi connectivity index (χ2n) is 5.55. The van der Waals surface area contributed by atoms with E-state index in [0.29, 0.717) is 18.1 Å². The zero-order valence-electron chi connectivity index (χ0n) is 13.6. The lowest BCUT2D eigenvalue weighted by Gasteiger charge is -2.21. The third-order valence-corrected chi connectivity index (χ3v) is 3.72. The van der Waals surface area contributed by atoms with Crippen molar-refractivity contribution in [2.45, 2.75) is 32.5 Å². The largest absolute Gasteiger partial charge is 0.480 e. The van der Waals surface area contributed by atoms with Gasteiger partial charge in [0.2, 0.25) is 0 Å². The molecule has 6 nitrogen and oxygen atoms in total. The number of carboxylic acid groups (broad SMARTS) is 1. The molecule has 2 N–H and O–H groups in total. The summed E-state index contributed by atoms with van der Waals surface area (Å²) in [5.41, 5.74) is -0.857. The molecule has 25 heavy (non-hydrogen) atoms. The lowest BCUT2D eigenvalue weighted by atomic mass is 9.99. The van der Waals surface area contributed by atoms with Crippen molar-refractivity contribution in [3.8, 4) is 11.4 Å². The second-order valence-corrected chi connectivity index (χ2v) is 5.55. The van der Waals surface area contributed by atoms with Gasteiger partial charge in [0, 0.05) is 24.0 Å². The van der Waals surface area contributed by atoms with Gasteiger partial charge >= 0.3 is 12.1 Å². The summed E-state index contributed by atoms with van der Waals surface area (Å²) in [5.74, 6) is -1.85. The average molecular weight is 354 g/mol. The number of hydrogen-bond acceptors (Lipinski definition) is 5. The van der Waals surface area contributed by atoms with E-state index in [1.54, 1.807) is 19.9 Å². The molecule has 2 rings (SSSR count). The molecular formula is C16H17F3N4O2. The fourth-order valence-corrected chi connectivity index (χ4v) is 2.13. The van der Waals surface area contributed by atoms with Gasteiger partial charge in [-0.05, 0) is 18.1 Å². The number of aliphatic carboxylic acids is 1. The van der Waals surface area contributed by atoms with Gasteiger partial charge in [0.15, 0.2) is 11.5 Å². The first-order chi connectivity index (χ1) is 11.7. The molecule has 2 atom stereocenters. The summed E-state index contributed by atoms with van der Waals surface area (Å²) in [7, 11) is 0. The van der Waals surface area contributed by atoms with E-state index < -0.39 is 23.9 Å². The molecule has 9 heteroatoms. The molecule has 0 spiro atoms. The first kappa shape index (κ1) is 18.6. The maximum Gasteiger partial charge on any atom is 0.433 e. The zero-order chi connectivity index (χ0) is 18.6. The van der Waals surface area contributed by atoms with E-state index in [1.807, 2.05) is 0 Å². The number of nitrogens with one attached hydrogen (secondary N) is 1. The van der Waals surface area contributed by atoms with Gasteiger partial charge in [-0.1, -0.05) is 20.3 Å². The number of aromatic nitrogens is 3. The SMILES string of the molecule is CC[C@H](C)[C@H](Nc1cc(C(F)(F)F)nc(-c2cccnc2)n1)C(=O)O. The molecule has 0 aromatic carbocycles. The van der Waals surface area contributed by atoms with Gasteiger partial charge in [-0.3, -0.25) is 4.98 Å². The zero-order valence-corrected chi connectivity index (χ0v) is 13.6. The van der Waals surface area contributed by atoms with E-state index in [2.05, 4.69) is 20.3 Å². The Hall–Kier alpha value is -2.71. The number of anilines is 1. The minimum Gasteiger partial charge on any atom is -0.480 e. The highest BCUT2D eigenvalue weighted by Gasteiger charge is 2.34. The molecule has 0 aliphatic rings. The standard InChI is InChI=1S/C16H17F3N4O2/c1-3-9(2)13(15(24)25)22-12-7-11(16(17,18)19)21-14(23-12)10-5-4-6-20-8-10/h4-9,13H,3H2,1-2H3,(H,24,25)(H,21,22,23)/t9-,13-/m0/s1. The average Bonchev–Trinajstić information content (AvgIpc) is 2.58. The monoisotopic (exact) mass is 354 g/mol. The number of carboxylic acids is 1. The van der Waals surface area contributed by atoms with E-state index in [1.165, 1.54) is 18.5 Å². The number of nitrogens with zero attached hydrogens (tertiary/aromatic N) is 3. The minimum absolute atomic E-state index is 0.182. The Kier molecular flexibility index (Phi) is 5.55. The van der Waals surface area contributed by atoms with Crippen LogP contribution in [0.25, 0.3) is 11.4 Å². The number of halogens is 3. The van der Waals surface area contributed by atoms with E-state index in [9.17, 15) is 23.1 Å². The second kappa shape index (κ2) is 7.45. The first-order valence-electron chi connectivity index (χ1n) is 7.58. The van der Waals surface area contributed by atoms with Crippen LogP contribution in [0.5, 0.6) is 0 Å². The summed E-state index contributed by atoms with van der Waals surface area (Å²) in [5, 5.41) is 11.9. The smallest absolute Gasteiger partial charge is 0.433 e. The van der Waals surface area contributed by atoms with E-state index in [-0.39, 0.29) is 17.6 Å². The molecule has 2 heterocycles. The molecule has 0 radical (unpaired) electrons. The Morgan fingerprint density at radius 2 is 2.08 bits per heavy atom. The minimum atomic E-state index is -4.69. The van der Waals surface area contributed by atoms with Crippen LogP contribution >= 0.6 is 0 Å². The van der Waals surface area contributed by atoms with Crippen molar-refractivity contribution in [2.75, 3.05) is 5.32 Å². The van der Waals surface area contributed by atoms with E-state index in [4.69, 9.17) is 0 Å². The summed E-state index contributed by atoms with van der Waals surface area (Å²) in [4.78, 5) is 22.8. The maximum absolute atomic E-state index is 13.1. The van der Waals surface area contributed by atoms with Crippen molar-refractivity contribution >= 4 is 11.8 Å². The van der Waals surface area contributed by atoms with Crippen molar-refractivity contribution in [3.05, 3.63) is 36.3 Å². The highest BCUT2D eigenvalue weighted by atomic mass is 19.4. The third kappa shape index (κ3) is 4.65. The normalized spacial score (nSPS) is 14.0. The lowest BCUT2D eigenvalue weighted by Crippen LogP contribution is -2.35. The Balaban J connectivity index is 2.48. The topological polar surface area (TPSA) is 88.0 Å². The van der Waals surface area contributed by atoms with Gasteiger partial charge in [-0.25, -0.2) is 14.8 Å². The van der Waals surface area contributed by atoms with Crippen LogP contribution < -0.4 is 5.32 Å². The van der Waals surface area contributed by atoms with Crippen molar-refractivity contribution < 1.29 is 23.1 Å². The molecule has 0 unspecified atom stereocenters. The fraction of sp³-hybridized carbons (Fsp3) is 0.375. The molecule has 0 aliphatic carbocycles. The predicted octanol–water partition coefficient (Wildman–Crippen LogP) is 3.47. The molecule has 0 aliphatic heterocycles. The Labute approximate surface area is 142 Å². The molecular weight excluding hydrogens is 337 g/mol. The number of hydrogen-bond donors (Lipinski definition) is 2. The van der Waals surface area contributed by atoms with Crippen LogP contribution in [0.4, 0.5) is 19.0 Å². The number of pyridine rings is 1. The molecule has 0 amide bonds. The van der Waals surface area contributed by atoms with Crippen molar-refractivity contribution in [1.82, 2.24) is 15.0 Å². The number of carbonyl (C=O) groups is 1. The van der Waals surface area contributed by atoms with Crippen molar-refractivity contribution in [2.24, 2.45) is 5.92 Å². The van der Waals surface area contributed by atoms with Crippen LogP contribution in [-0.4, -0.2) is 32.1 Å².